The van der Waals surface area contributed by atoms with Gasteiger partial charge in [-0.05, 0) is 75.6 Å². The molecule has 0 aliphatic carbocycles. The zero-order valence-corrected chi connectivity index (χ0v) is 17.4. The summed E-state index contributed by atoms with van der Waals surface area (Å²) in [6.07, 6.45) is 4.35. The number of hydrogen-bond donors (Lipinski definition) is 2. The van der Waals surface area contributed by atoms with Crippen molar-refractivity contribution in [3.8, 4) is 11.5 Å². The highest BCUT2D eigenvalue weighted by molar-refractivity contribution is 5.85. The number of fused-ring (bicyclic) bond motifs is 1. The first kappa shape index (κ1) is 20.2. The summed E-state index contributed by atoms with van der Waals surface area (Å²) >= 11 is 0. The molecule has 1 heterocycles. The fraction of sp³-hybridized carbons (Fsp3) is 0.458. The third-order valence-electron chi connectivity index (χ3n) is 6.02. The summed E-state index contributed by atoms with van der Waals surface area (Å²) in [4.78, 5) is 12.8. The van der Waals surface area contributed by atoms with E-state index in [1.165, 1.54) is 5.56 Å². The number of unbranched alkanes of at least 4 members (excludes halogenated alkanes) is 1. The first-order chi connectivity index (χ1) is 13.3. The van der Waals surface area contributed by atoms with E-state index < -0.39 is 5.60 Å². The van der Waals surface area contributed by atoms with Crippen LogP contribution < -0.4 is 10.1 Å². The van der Waals surface area contributed by atoms with E-state index in [4.69, 9.17) is 4.74 Å². The maximum absolute atomic E-state index is 12.8. The normalized spacial score (nSPS) is 18.3. The van der Waals surface area contributed by atoms with Gasteiger partial charge in [0.05, 0.1) is 0 Å². The number of hydrogen-bond acceptors (Lipinski definition) is 3. The zero-order chi connectivity index (χ0) is 20.3. The topological polar surface area (TPSA) is 58.6 Å². The Labute approximate surface area is 167 Å². The van der Waals surface area contributed by atoms with Gasteiger partial charge in [0.25, 0.3) is 5.91 Å². The van der Waals surface area contributed by atoms with Gasteiger partial charge in [0.2, 0.25) is 0 Å². The molecule has 1 aliphatic heterocycles. The lowest BCUT2D eigenvalue weighted by molar-refractivity contribution is -0.136. The van der Waals surface area contributed by atoms with Crippen molar-refractivity contribution in [3.63, 3.8) is 0 Å². The number of phenols is 1. The minimum atomic E-state index is -0.868. The standard InChI is InChI=1S/C24H31NO3/c1-16-17(2)22-20(18(3)21(16)26)13-14-24(4,28-22)23(27)25-15-9-8-12-19-10-6-5-7-11-19/h5-7,10-11,26H,8-9,12-15H2,1-4H3,(H,25,27). The number of amides is 1. The number of phenolic OH excluding ortho intramolecular Hbond substituents is 1. The highest BCUT2D eigenvalue weighted by atomic mass is 16.5. The van der Waals surface area contributed by atoms with Crippen molar-refractivity contribution < 1.29 is 14.6 Å². The third kappa shape index (κ3) is 4.01. The highest BCUT2D eigenvalue weighted by Gasteiger charge is 2.40. The van der Waals surface area contributed by atoms with Crippen molar-refractivity contribution >= 4 is 5.91 Å². The summed E-state index contributed by atoms with van der Waals surface area (Å²) in [7, 11) is 0. The second-order valence-corrected chi connectivity index (χ2v) is 8.06. The SMILES string of the molecule is Cc1c(C)c2c(c(C)c1O)CCC(C)(C(=O)NCCCCc1ccccc1)O2. The van der Waals surface area contributed by atoms with Gasteiger partial charge in [-0.15, -0.1) is 0 Å². The number of carbonyl (C=O) groups excluding carboxylic acids is 1. The van der Waals surface area contributed by atoms with E-state index >= 15 is 0 Å². The molecular formula is C24H31NO3. The molecule has 2 aromatic rings. The minimum absolute atomic E-state index is 0.0550. The molecule has 2 N–H and O–H groups in total. The summed E-state index contributed by atoms with van der Waals surface area (Å²) in [5, 5.41) is 13.4. The van der Waals surface area contributed by atoms with Crippen LogP contribution in [0.1, 0.15) is 54.0 Å². The number of rotatable bonds is 6. The van der Waals surface area contributed by atoms with Crippen LogP contribution in [0.3, 0.4) is 0 Å². The summed E-state index contributed by atoms with van der Waals surface area (Å²) in [6, 6.07) is 10.4. The lowest BCUT2D eigenvalue weighted by Crippen LogP contribution is -2.51. The van der Waals surface area contributed by atoms with Gasteiger partial charge in [0.15, 0.2) is 5.60 Å². The Morgan fingerprint density at radius 1 is 1.11 bits per heavy atom. The molecule has 28 heavy (non-hydrogen) atoms. The molecular weight excluding hydrogens is 350 g/mol. The van der Waals surface area contributed by atoms with Crippen molar-refractivity contribution in [1.29, 1.82) is 0 Å². The number of ether oxygens (including phenoxy) is 1. The van der Waals surface area contributed by atoms with Crippen molar-refractivity contribution in [3.05, 3.63) is 58.1 Å². The van der Waals surface area contributed by atoms with Gasteiger partial charge in [-0.25, -0.2) is 0 Å². The largest absolute Gasteiger partial charge is 0.507 e. The Bertz CT molecular complexity index is 860. The second kappa shape index (κ2) is 8.26. The molecule has 1 amide bonds. The minimum Gasteiger partial charge on any atom is -0.507 e. The van der Waals surface area contributed by atoms with E-state index in [2.05, 4.69) is 29.6 Å². The van der Waals surface area contributed by atoms with Crippen LogP contribution in [0.2, 0.25) is 0 Å². The van der Waals surface area contributed by atoms with Crippen LogP contribution in [-0.4, -0.2) is 23.2 Å². The molecule has 0 aromatic heterocycles. The Kier molecular flexibility index (Phi) is 5.97. The maximum atomic E-state index is 12.8. The van der Waals surface area contributed by atoms with Gasteiger partial charge in [-0.3, -0.25) is 4.79 Å². The quantitative estimate of drug-likeness (QED) is 0.722. The second-order valence-electron chi connectivity index (χ2n) is 8.06. The van der Waals surface area contributed by atoms with E-state index in [0.717, 1.165) is 53.7 Å². The average molecular weight is 382 g/mol. The highest BCUT2D eigenvalue weighted by Crippen LogP contribution is 2.43. The maximum Gasteiger partial charge on any atom is 0.263 e. The van der Waals surface area contributed by atoms with Crippen LogP contribution in [-0.2, 0) is 17.6 Å². The van der Waals surface area contributed by atoms with E-state index in [-0.39, 0.29) is 5.91 Å². The Hall–Kier alpha value is -2.49. The molecule has 2 aromatic carbocycles. The Morgan fingerprint density at radius 2 is 1.82 bits per heavy atom. The molecule has 1 unspecified atom stereocenters. The molecule has 0 saturated heterocycles. The number of aryl methyl sites for hydroxylation is 1. The van der Waals surface area contributed by atoms with Crippen molar-refractivity contribution in [2.75, 3.05) is 6.54 Å². The van der Waals surface area contributed by atoms with E-state index in [1.54, 1.807) is 0 Å². The van der Waals surface area contributed by atoms with Gasteiger partial charge < -0.3 is 15.2 Å². The zero-order valence-electron chi connectivity index (χ0n) is 17.4. The third-order valence-corrected chi connectivity index (χ3v) is 6.02. The molecule has 1 atom stereocenters. The van der Waals surface area contributed by atoms with E-state index in [0.29, 0.717) is 18.7 Å². The molecule has 0 saturated carbocycles. The van der Waals surface area contributed by atoms with E-state index in [9.17, 15) is 9.90 Å². The number of carbonyl (C=O) groups is 1. The van der Waals surface area contributed by atoms with Gasteiger partial charge in [0, 0.05) is 18.5 Å². The fourth-order valence-electron chi connectivity index (χ4n) is 3.90. The van der Waals surface area contributed by atoms with Gasteiger partial charge in [-0.1, -0.05) is 30.3 Å². The first-order valence-electron chi connectivity index (χ1n) is 10.2. The van der Waals surface area contributed by atoms with Crippen LogP contribution in [0.4, 0.5) is 0 Å². The predicted octanol–water partition coefficient (Wildman–Crippen LogP) is 4.54. The van der Waals surface area contributed by atoms with Gasteiger partial charge >= 0.3 is 0 Å². The molecule has 1 aliphatic rings. The van der Waals surface area contributed by atoms with Gasteiger partial charge in [-0.2, -0.15) is 0 Å². The van der Waals surface area contributed by atoms with Crippen molar-refractivity contribution in [2.24, 2.45) is 0 Å². The van der Waals surface area contributed by atoms with Crippen LogP contribution >= 0.6 is 0 Å². The summed E-state index contributed by atoms with van der Waals surface area (Å²) < 4.78 is 6.23. The molecule has 3 rings (SSSR count). The molecule has 0 bridgehead atoms. The van der Waals surface area contributed by atoms with Gasteiger partial charge in [0.1, 0.15) is 11.5 Å². The molecule has 4 nitrogen and oxygen atoms in total. The van der Waals surface area contributed by atoms with Crippen LogP contribution in [0.15, 0.2) is 30.3 Å². The fourth-order valence-corrected chi connectivity index (χ4v) is 3.90. The van der Waals surface area contributed by atoms with Crippen LogP contribution in [0.25, 0.3) is 0 Å². The number of nitrogens with one attached hydrogen (secondary N) is 1. The number of benzene rings is 2. The summed E-state index contributed by atoms with van der Waals surface area (Å²) in [6.45, 7) is 8.27. The predicted molar refractivity (Wildman–Crippen MR) is 112 cm³/mol. The lowest BCUT2D eigenvalue weighted by atomic mass is 9.86. The van der Waals surface area contributed by atoms with E-state index in [1.807, 2.05) is 33.8 Å². The Balaban J connectivity index is 1.57. The summed E-state index contributed by atoms with van der Waals surface area (Å²) in [5.41, 5.74) is 4.08. The molecule has 0 fully saturated rings. The summed E-state index contributed by atoms with van der Waals surface area (Å²) in [5.74, 6) is 1.05. The molecule has 0 radical (unpaired) electrons. The number of aromatic hydroxyl groups is 1. The Morgan fingerprint density at radius 3 is 2.54 bits per heavy atom. The van der Waals surface area contributed by atoms with Crippen LogP contribution in [0.5, 0.6) is 11.5 Å². The lowest BCUT2D eigenvalue weighted by Gasteiger charge is -2.36. The first-order valence-corrected chi connectivity index (χ1v) is 10.2. The molecule has 150 valence electrons. The molecule has 4 heteroatoms. The van der Waals surface area contributed by atoms with Crippen LogP contribution in [0, 0.1) is 20.8 Å². The van der Waals surface area contributed by atoms with Crippen molar-refractivity contribution in [2.45, 2.75) is 65.4 Å². The van der Waals surface area contributed by atoms with Crippen molar-refractivity contribution in [1.82, 2.24) is 5.32 Å². The monoisotopic (exact) mass is 381 g/mol. The molecule has 0 spiro atoms. The smallest absolute Gasteiger partial charge is 0.263 e. The average Bonchev–Trinajstić information content (AvgIpc) is 2.71.